The molecule has 0 saturated carbocycles. The SMILES string of the molecule is CS(=O)(=O)NCCCNc1ncc(N)cc1C(=O)O. The van der Waals surface area contributed by atoms with E-state index in [1.165, 1.54) is 12.3 Å². The van der Waals surface area contributed by atoms with Gasteiger partial charge in [0.2, 0.25) is 10.0 Å². The number of sulfonamides is 1. The number of nitrogen functional groups attached to an aromatic ring is 1. The van der Waals surface area contributed by atoms with Gasteiger partial charge in [-0.05, 0) is 12.5 Å². The summed E-state index contributed by atoms with van der Waals surface area (Å²) in [6, 6.07) is 1.31. The van der Waals surface area contributed by atoms with Crippen LogP contribution in [0.5, 0.6) is 0 Å². The monoisotopic (exact) mass is 288 g/mol. The number of carbonyl (C=O) groups is 1. The minimum Gasteiger partial charge on any atom is -0.478 e. The van der Waals surface area contributed by atoms with E-state index >= 15 is 0 Å². The molecule has 0 aromatic carbocycles. The Morgan fingerprint density at radius 3 is 2.74 bits per heavy atom. The molecule has 19 heavy (non-hydrogen) atoms. The van der Waals surface area contributed by atoms with Crippen molar-refractivity contribution in [2.75, 3.05) is 30.4 Å². The van der Waals surface area contributed by atoms with Crippen LogP contribution in [0.2, 0.25) is 0 Å². The summed E-state index contributed by atoms with van der Waals surface area (Å²) in [7, 11) is -3.20. The molecular formula is C10H16N4O4S. The summed E-state index contributed by atoms with van der Waals surface area (Å²) in [5.74, 6) is -0.919. The van der Waals surface area contributed by atoms with Gasteiger partial charge in [-0.25, -0.2) is 22.9 Å². The summed E-state index contributed by atoms with van der Waals surface area (Å²) < 4.78 is 23.9. The van der Waals surface area contributed by atoms with Crippen molar-refractivity contribution in [3.63, 3.8) is 0 Å². The number of anilines is 2. The molecule has 0 aliphatic carbocycles. The van der Waals surface area contributed by atoms with Crippen molar-refractivity contribution < 1.29 is 18.3 Å². The average Bonchev–Trinajstić information content (AvgIpc) is 2.28. The Balaban J connectivity index is 2.52. The Labute approximate surface area is 111 Å². The van der Waals surface area contributed by atoms with Gasteiger partial charge in [0.1, 0.15) is 11.4 Å². The molecule has 0 bridgehead atoms. The fraction of sp³-hybridized carbons (Fsp3) is 0.400. The fourth-order valence-corrected chi connectivity index (χ4v) is 1.85. The number of carboxylic acids is 1. The number of nitrogens with one attached hydrogen (secondary N) is 2. The molecule has 1 aromatic heterocycles. The highest BCUT2D eigenvalue weighted by Gasteiger charge is 2.11. The molecule has 9 heteroatoms. The molecule has 0 unspecified atom stereocenters. The second-order valence-corrected chi connectivity index (χ2v) is 5.75. The molecule has 5 N–H and O–H groups in total. The molecule has 1 rings (SSSR count). The normalized spacial score (nSPS) is 11.2. The Kier molecular flexibility index (Phi) is 5.07. The van der Waals surface area contributed by atoms with Gasteiger partial charge in [0.15, 0.2) is 0 Å². The Bertz CT molecular complexity index is 559. The summed E-state index contributed by atoms with van der Waals surface area (Å²) in [6.45, 7) is 0.656. The summed E-state index contributed by atoms with van der Waals surface area (Å²) in [5.41, 5.74) is 5.71. The van der Waals surface area contributed by atoms with Crippen LogP contribution in [0.1, 0.15) is 16.8 Å². The molecule has 0 atom stereocenters. The molecule has 8 nitrogen and oxygen atoms in total. The van der Waals surface area contributed by atoms with E-state index in [2.05, 4.69) is 15.0 Å². The van der Waals surface area contributed by atoms with Crippen LogP contribution in [0.4, 0.5) is 11.5 Å². The van der Waals surface area contributed by atoms with E-state index in [0.717, 1.165) is 6.26 Å². The van der Waals surface area contributed by atoms with Crippen LogP contribution in [0.3, 0.4) is 0 Å². The molecule has 1 aromatic rings. The van der Waals surface area contributed by atoms with Gasteiger partial charge in [-0.15, -0.1) is 0 Å². The number of hydrogen-bond acceptors (Lipinski definition) is 6. The van der Waals surface area contributed by atoms with Gasteiger partial charge in [-0.3, -0.25) is 0 Å². The van der Waals surface area contributed by atoms with Gasteiger partial charge in [0.05, 0.1) is 18.1 Å². The maximum atomic E-state index is 11.0. The van der Waals surface area contributed by atoms with Crippen molar-refractivity contribution in [3.8, 4) is 0 Å². The number of nitrogens with two attached hydrogens (primary N) is 1. The molecule has 106 valence electrons. The zero-order chi connectivity index (χ0) is 14.5. The molecule has 0 saturated heterocycles. The van der Waals surface area contributed by atoms with E-state index in [1.807, 2.05) is 0 Å². The minimum absolute atomic E-state index is 0.0175. The minimum atomic E-state index is -3.20. The first-order valence-corrected chi connectivity index (χ1v) is 7.36. The predicted molar refractivity (Wildman–Crippen MR) is 71.6 cm³/mol. The number of rotatable bonds is 7. The quantitative estimate of drug-likeness (QED) is 0.506. The second-order valence-electron chi connectivity index (χ2n) is 3.92. The largest absolute Gasteiger partial charge is 0.478 e. The number of nitrogens with zero attached hydrogens (tertiary/aromatic N) is 1. The molecule has 0 spiro atoms. The molecular weight excluding hydrogens is 272 g/mol. The fourth-order valence-electron chi connectivity index (χ4n) is 1.34. The highest BCUT2D eigenvalue weighted by atomic mass is 32.2. The lowest BCUT2D eigenvalue weighted by Crippen LogP contribution is -2.24. The zero-order valence-corrected chi connectivity index (χ0v) is 11.2. The first-order valence-electron chi connectivity index (χ1n) is 5.47. The van der Waals surface area contributed by atoms with Gasteiger partial charge in [0, 0.05) is 13.1 Å². The summed E-state index contributed by atoms with van der Waals surface area (Å²) >= 11 is 0. The number of aromatic nitrogens is 1. The summed E-state index contributed by atoms with van der Waals surface area (Å²) in [5, 5.41) is 11.8. The first-order chi connectivity index (χ1) is 8.79. The van der Waals surface area contributed by atoms with E-state index in [0.29, 0.717) is 13.0 Å². The third-order valence-electron chi connectivity index (χ3n) is 2.15. The maximum absolute atomic E-state index is 11.0. The van der Waals surface area contributed by atoms with E-state index in [-0.39, 0.29) is 23.6 Å². The highest BCUT2D eigenvalue weighted by molar-refractivity contribution is 7.88. The number of aromatic carboxylic acids is 1. The van der Waals surface area contributed by atoms with Gasteiger partial charge in [-0.2, -0.15) is 0 Å². The van der Waals surface area contributed by atoms with E-state index in [9.17, 15) is 13.2 Å². The molecule has 1 heterocycles. The number of hydrogen-bond donors (Lipinski definition) is 4. The summed E-state index contributed by atoms with van der Waals surface area (Å²) in [6.07, 6.45) is 2.92. The van der Waals surface area contributed by atoms with Crippen LogP contribution in [-0.2, 0) is 10.0 Å². The third-order valence-corrected chi connectivity index (χ3v) is 2.88. The average molecular weight is 288 g/mol. The molecule has 0 aliphatic heterocycles. The Morgan fingerprint density at radius 2 is 2.16 bits per heavy atom. The topological polar surface area (TPSA) is 134 Å². The van der Waals surface area contributed by atoms with E-state index < -0.39 is 16.0 Å². The molecule has 0 fully saturated rings. The van der Waals surface area contributed by atoms with Crippen LogP contribution >= 0.6 is 0 Å². The van der Waals surface area contributed by atoms with Crippen LogP contribution in [0.25, 0.3) is 0 Å². The molecule has 0 aliphatic rings. The van der Waals surface area contributed by atoms with Gasteiger partial charge >= 0.3 is 5.97 Å². The maximum Gasteiger partial charge on any atom is 0.339 e. The van der Waals surface area contributed by atoms with Crippen LogP contribution < -0.4 is 15.8 Å². The van der Waals surface area contributed by atoms with Crippen molar-refractivity contribution >= 4 is 27.5 Å². The number of pyridine rings is 1. The van der Waals surface area contributed by atoms with Crippen molar-refractivity contribution in [2.45, 2.75) is 6.42 Å². The van der Waals surface area contributed by atoms with Gasteiger partial charge < -0.3 is 16.2 Å². The lowest BCUT2D eigenvalue weighted by Gasteiger charge is -2.09. The Hall–Kier alpha value is -1.87. The van der Waals surface area contributed by atoms with Crippen molar-refractivity contribution in [1.82, 2.24) is 9.71 Å². The van der Waals surface area contributed by atoms with E-state index in [4.69, 9.17) is 10.8 Å². The smallest absolute Gasteiger partial charge is 0.339 e. The third kappa shape index (κ3) is 5.53. The first kappa shape index (κ1) is 15.2. The van der Waals surface area contributed by atoms with Crippen molar-refractivity contribution in [1.29, 1.82) is 0 Å². The highest BCUT2D eigenvalue weighted by Crippen LogP contribution is 2.15. The van der Waals surface area contributed by atoms with Crippen molar-refractivity contribution in [3.05, 3.63) is 17.8 Å². The molecule has 0 radical (unpaired) electrons. The van der Waals surface area contributed by atoms with E-state index in [1.54, 1.807) is 0 Å². The zero-order valence-electron chi connectivity index (χ0n) is 10.4. The van der Waals surface area contributed by atoms with Crippen LogP contribution in [0.15, 0.2) is 12.3 Å². The van der Waals surface area contributed by atoms with Crippen LogP contribution in [0, 0.1) is 0 Å². The van der Waals surface area contributed by atoms with Crippen molar-refractivity contribution in [2.24, 2.45) is 0 Å². The predicted octanol–water partition coefficient (Wildman–Crippen LogP) is -0.287. The summed E-state index contributed by atoms with van der Waals surface area (Å²) in [4.78, 5) is 14.9. The van der Waals surface area contributed by atoms with Gasteiger partial charge in [-0.1, -0.05) is 0 Å². The second kappa shape index (κ2) is 6.34. The van der Waals surface area contributed by atoms with Gasteiger partial charge in [0.25, 0.3) is 0 Å². The lowest BCUT2D eigenvalue weighted by molar-refractivity contribution is 0.0697. The number of carboxylic acid groups (broad SMARTS) is 1. The standard InChI is InChI=1S/C10H16N4O4S/c1-19(17,18)14-4-2-3-12-9-8(10(15)16)5-7(11)6-13-9/h5-6,14H,2-4,11H2,1H3,(H,12,13)(H,15,16). The Morgan fingerprint density at radius 1 is 1.47 bits per heavy atom. The molecule has 0 amide bonds. The van der Waals surface area contributed by atoms with Crippen LogP contribution in [-0.4, -0.2) is 43.8 Å². The lowest BCUT2D eigenvalue weighted by atomic mass is 10.2.